The summed E-state index contributed by atoms with van der Waals surface area (Å²) in [6, 6.07) is 5.37. The van der Waals surface area contributed by atoms with E-state index in [1.165, 1.54) is 6.07 Å². The van der Waals surface area contributed by atoms with Crippen LogP contribution in [0, 0.1) is 16.0 Å². The van der Waals surface area contributed by atoms with Gasteiger partial charge < -0.3 is 10.1 Å². The Morgan fingerprint density at radius 3 is 3.00 bits per heavy atom. The number of aromatic nitrogens is 1. The minimum atomic E-state index is -0.373. The van der Waals surface area contributed by atoms with Gasteiger partial charge in [0.15, 0.2) is 0 Å². The van der Waals surface area contributed by atoms with Crippen LogP contribution in [-0.4, -0.2) is 29.2 Å². The molecule has 2 atom stereocenters. The lowest BCUT2D eigenvalue weighted by Gasteiger charge is -2.21. The number of nitro groups is 1. The van der Waals surface area contributed by atoms with Gasteiger partial charge in [-0.1, -0.05) is 0 Å². The van der Waals surface area contributed by atoms with E-state index in [1.807, 2.05) is 6.07 Å². The van der Waals surface area contributed by atoms with Crippen molar-refractivity contribution < 1.29 is 9.66 Å². The van der Waals surface area contributed by atoms with Gasteiger partial charge >= 0.3 is 0 Å². The molecule has 6 heteroatoms. The van der Waals surface area contributed by atoms with E-state index < -0.39 is 0 Å². The number of rotatable bonds is 4. The molecule has 110 valence electrons. The molecule has 0 bridgehead atoms. The van der Waals surface area contributed by atoms with E-state index >= 15 is 0 Å². The number of anilines is 1. The molecule has 0 spiro atoms. The summed E-state index contributed by atoms with van der Waals surface area (Å²) in [4.78, 5) is 14.7. The van der Waals surface area contributed by atoms with Crippen molar-refractivity contribution in [3.05, 3.63) is 40.7 Å². The zero-order chi connectivity index (χ0) is 14.8. The van der Waals surface area contributed by atoms with Crippen LogP contribution in [0.1, 0.15) is 13.3 Å². The predicted octanol–water partition coefficient (Wildman–Crippen LogP) is 2.98. The molecule has 0 radical (unpaired) electrons. The van der Waals surface area contributed by atoms with E-state index in [9.17, 15) is 10.1 Å². The van der Waals surface area contributed by atoms with Crippen LogP contribution in [0.5, 0.6) is 0 Å². The first kappa shape index (κ1) is 13.8. The highest BCUT2D eigenvalue weighted by atomic mass is 16.6. The van der Waals surface area contributed by atoms with Crippen LogP contribution in [0.4, 0.5) is 11.4 Å². The Kier molecular flexibility index (Phi) is 3.70. The maximum Gasteiger partial charge on any atom is 0.278 e. The molecule has 2 heterocycles. The summed E-state index contributed by atoms with van der Waals surface area (Å²) in [5.41, 5.74) is 0.984. The monoisotopic (exact) mass is 287 g/mol. The third-order valence-corrected chi connectivity index (χ3v) is 4.05. The van der Waals surface area contributed by atoms with Crippen molar-refractivity contribution in [1.82, 2.24) is 4.98 Å². The Bertz CT molecular complexity index is 668. The molecule has 2 aromatic rings. The molecule has 1 N–H and O–H groups in total. The number of pyridine rings is 1. The highest BCUT2D eigenvalue weighted by Gasteiger charge is 2.23. The van der Waals surface area contributed by atoms with Crippen molar-refractivity contribution in [2.24, 2.45) is 5.92 Å². The van der Waals surface area contributed by atoms with Crippen LogP contribution >= 0.6 is 0 Å². The van der Waals surface area contributed by atoms with Crippen molar-refractivity contribution in [2.45, 2.75) is 19.4 Å². The quantitative estimate of drug-likeness (QED) is 0.691. The first-order chi connectivity index (χ1) is 10.2. The van der Waals surface area contributed by atoms with Crippen molar-refractivity contribution >= 4 is 22.1 Å². The molecule has 1 saturated heterocycles. The Morgan fingerprint density at radius 1 is 1.43 bits per heavy atom. The molecule has 21 heavy (non-hydrogen) atoms. The second-order valence-electron chi connectivity index (χ2n) is 5.37. The zero-order valence-electron chi connectivity index (χ0n) is 11.8. The fraction of sp³-hybridized carbons (Fsp3) is 0.400. The summed E-state index contributed by atoms with van der Waals surface area (Å²) in [7, 11) is 0. The largest absolute Gasteiger partial charge is 0.382 e. The van der Waals surface area contributed by atoms with E-state index in [0.29, 0.717) is 11.3 Å². The summed E-state index contributed by atoms with van der Waals surface area (Å²) >= 11 is 0. The van der Waals surface area contributed by atoms with Crippen LogP contribution < -0.4 is 5.32 Å². The second kappa shape index (κ2) is 5.65. The van der Waals surface area contributed by atoms with Crippen molar-refractivity contribution in [3.63, 3.8) is 0 Å². The minimum absolute atomic E-state index is 0.0838. The molecule has 0 amide bonds. The Labute approximate surface area is 122 Å². The topological polar surface area (TPSA) is 77.3 Å². The van der Waals surface area contributed by atoms with Crippen LogP contribution in [0.2, 0.25) is 0 Å². The van der Waals surface area contributed by atoms with Gasteiger partial charge in [-0.3, -0.25) is 15.1 Å². The minimum Gasteiger partial charge on any atom is -0.382 e. The highest BCUT2D eigenvalue weighted by molar-refractivity contribution is 5.99. The molecule has 2 unspecified atom stereocenters. The van der Waals surface area contributed by atoms with Crippen LogP contribution in [0.25, 0.3) is 10.8 Å². The van der Waals surface area contributed by atoms with Crippen LogP contribution in [-0.2, 0) is 4.74 Å². The van der Waals surface area contributed by atoms with E-state index in [-0.39, 0.29) is 16.7 Å². The molecular weight excluding hydrogens is 270 g/mol. The summed E-state index contributed by atoms with van der Waals surface area (Å²) < 4.78 is 5.41. The van der Waals surface area contributed by atoms with Crippen molar-refractivity contribution in [2.75, 3.05) is 18.5 Å². The predicted molar refractivity (Wildman–Crippen MR) is 80.4 cm³/mol. The van der Waals surface area contributed by atoms with Crippen LogP contribution in [0.15, 0.2) is 30.6 Å². The Balaban J connectivity index is 1.95. The lowest BCUT2D eigenvalue weighted by molar-refractivity contribution is -0.383. The van der Waals surface area contributed by atoms with Gasteiger partial charge in [-0.2, -0.15) is 0 Å². The van der Waals surface area contributed by atoms with E-state index in [1.54, 1.807) is 18.5 Å². The number of fused-ring (bicyclic) bond motifs is 1. The number of nitrogens with zero attached hydrogens (tertiary/aromatic N) is 2. The maximum absolute atomic E-state index is 11.1. The standard InChI is InChI=1S/C15H17N3O3/c1-10(11-5-7-21-9-11)17-14-2-3-15(18(19)20)13-8-16-6-4-12(13)14/h2-4,6,8,10-11,17H,5,7,9H2,1H3. The number of hydrogen-bond acceptors (Lipinski definition) is 5. The second-order valence-corrected chi connectivity index (χ2v) is 5.37. The summed E-state index contributed by atoms with van der Waals surface area (Å²) in [5, 5.41) is 15.9. The fourth-order valence-corrected chi connectivity index (χ4v) is 2.77. The molecule has 1 aliphatic heterocycles. The molecule has 6 nitrogen and oxygen atoms in total. The number of benzene rings is 1. The van der Waals surface area contributed by atoms with E-state index in [4.69, 9.17) is 4.74 Å². The highest BCUT2D eigenvalue weighted by Crippen LogP contribution is 2.32. The third kappa shape index (κ3) is 2.67. The van der Waals surface area contributed by atoms with Gasteiger partial charge in [0.1, 0.15) is 0 Å². The summed E-state index contributed by atoms with van der Waals surface area (Å²) in [6.07, 6.45) is 4.24. The fourth-order valence-electron chi connectivity index (χ4n) is 2.77. The van der Waals surface area contributed by atoms with Gasteiger partial charge in [0.05, 0.1) is 16.9 Å². The number of non-ortho nitro benzene ring substituents is 1. The number of nitro benzene ring substituents is 1. The average Bonchev–Trinajstić information content (AvgIpc) is 3.01. The van der Waals surface area contributed by atoms with Gasteiger partial charge in [-0.05, 0) is 25.5 Å². The molecule has 1 aliphatic rings. The van der Waals surface area contributed by atoms with Gasteiger partial charge in [0.2, 0.25) is 0 Å². The van der Waals surface area contributed by atoms with Gasteiger partial charge in [-0.15, -0.1) is 0 Å². The first-order valence-electron chi connectivity index (χ1n) is 7.02. The smallest absolute Gasteiger partial charge is 0.278 e. The lowest BCUT2D eigenvalue weighted by atomic mass is 9.99. The first-order valence-corrected chi connectivity index (χ1v) is 7.02. The third-order valence-electron chi connectivity index (χ3n) is 4.05. The molecule has 0 saturated carbocycles. The molecule has 0 aliphatic carbocycles. The summed E-state index contributed by atoms with van der Waals surface area (Å²) in [6.45, 7) is 3.69. The Hall–Kier alpha value is -2.21. The average molecular weight is 287 g/mol. The molecule has 1 aromatic carbocycles. The lowest BCUT2D eigenvalue weighted by Crippen LogP contribution is -2.26. The van der Waals surface area contributed by atoms with E-state index in [0.717, 1.165) is 30.7 Å². The zero-order valence-corrected chi connectivity index (χ0v) is 11.8. The molecule has 1 aromatic heterocycles. The number of hydrogen-bond donors (Lipinski definition) is 1. The van der Waals surface area contributed by atoms with E-state index in [2.05, 4.69) is 17.2 Å². The molecule has 1 fully saturated rings. The van der Waals surface area contributed by atoms with Gasteiger partial charge in [-0.25, -0.2) is 0 Å². The molecular formula is C15H17N3O3. The van der Waals surface area contributed by atoms with Gasteiger partial charge in [0.25, 0.3) is 5.69 Å². The Morgan fingerprint density at radius 2 is 2.29 bits per heavy atom. The number of nitrogens with one attached hydrogen (secondary N) is 1. The summed E-state index contributed by atoms with van der Waals surface area (Å²) in [5.74, 6) is 0.470. The number of ether oxygens (including phenoxy) is 1. The van der Waals surface area contributed by atoms with Crippen LogP contribution in [0.3, 0.4) is 0 Å². The SMILES string of the molecule is CC(Nc1ccc([N+](=O)[O-])c2cnccc12)C1CCOC1. The van der Waals surface area contributed by atoms with Crippen molar-refractivity contribution in [3.8, 4) is 0 Å². The van der Waals surface area contributed by atoms with Crippen molar-refractivity contribution in [1.29, 1.82) is 0 Å². The van der Waals surface area contributed by atoms with Gasteiger partial charge in [0, 0.05) is 48.1 Å². The normalized spacial score (nSPS) is 19.6. The maximum atomic E-state index is 11.1. The molecule has 3 rings (SSSR count).